The van der Waals surface area contributed by atoms with Crippen molar-refractivity contribution in [2.45, 2.75) is 36.3 Å². The van der Waals surface area contributed by atoms with Gasteiger partial charge < -0.3 is 14.4 Å². The SMILES string of the molecule is CN(CC1CCCC1)C(=O)c1ccccc1SCc1occc1C(=O)O. The summed E-state index contributed by atoms with van der Waals surface area (Å²) in [6, 6.07) is 8.91. The van der Waals surface area contributed by atoms with Crippen LogP contribution in [0.15, 0.2) is 45.9 Å². The van der Waals surface area contributed by atoms with Crippen molar-refractivity contribution in [1.29, 1.82) is 0 Å². The van der Waals surface area contributed by atoms with Crippen molar-refractivity contribution in [3.8, 4) is 0 Å². The van der Waals surface area contributed by atoms with E-state index >= 15 is 0 Å². The second-order valence-electron chi connectivity index (χ2n) is 6.68. The Morgan fingerprint density at radius 3 is 2.65 bits per heavy atom. The minimum atomic E-state index is -1.00. The van der Waals surface area contributed by atoms with Crippen molar-refractivity contribution in [2.24, 2.45) is 5.92 Å². The Labute approximate surface area is 157 Å². The Morgan fingerprint density at radius 2 is 1.92 bits per heavy atom. The smallest absolute Gasteiger partial charge is 0.339 e. The summed E-state index contributed by atoms with van der Waals surface area (Å²) in [5.41, 5.74) is 0.820. The average Bonchev–Trinajstić information content (AvgIpc) is 3.31. The number of carbonyl (C=O) groups is 2. The number of nitrogens with zero attached hydrogens (tertiary/aromatic N) is 1. The van der Waals surface area contributed by atoms with E-state index < -0.39 is 5.97 Å². The van der Waals surface area contributed by atoms with Crippen LogP contribution in [0.3, 0.4) is 0 Å². The van der Waals surface area contributed by atoms with Gasteiger partial charge in [-0.1, -0.05) is 25.0 Å². The van der Waals surface area contributed by atoms with Gasteiger partial charge in [0.1, 0.15) is 11.3 Å². The number of aromatic carboxylic acids is 1. The third-order valence-corrected chi connectivity index (χ3v) is 5.88. The van der Waals surface area contributed by atoms with Crippen LogP contribution in [0.1, 0.15) is 52.2 Å². The summed E-state index contributed by atoms with van der Waals surface area (Å²) in [5, 5.41) is 9.17. The first kappa shape index (κ1) is 18.6. The summed E-state index contributed by atoms with van der Waals surface area (Å²) < 4.78 is 5.29. The van der Waals surface area contributed by atoms with Gasteiger partial charge in [-0.05, 0) is 37.0 Å². The maximum atomic E-state index is 12.9. The lowest BCUT2D eigenvalue weighted by molar-refractivity contribution is 0.0694. The monoisotopic (exact) mass is 373 g/mol. The molecule has 3 rings (SSSR count). The molecule has 5 nitrogen and oxygen atoms in total. The molecule has 1 amide bonds. The number of furan rings is 1. The molecule has 0 unspecified atom stereocenters. The van der Waals surface area contributed by atoms with Crippen LogP contribution in [0.4, 0.5) is 0 Å². The molecule has 0 radical (unpaired) electrons. The third kappa shape index (κ3) is 4.30. The fourth-order valence-electron chi connectivity index (χ4n) is 3.42. The van der Waals surface area contributed by atoms with Crippen molar-refractivity contribution in [1.82, 2.24) is 4.90 Å². The number of hydrogen-bond acceptors (Lipinski definition) is 4. The van der Waals surface area contributed by atoms with Crippen LogP contribution in [0.25, 0.3) is 0 Å². The molecule has 1 aliphatic carbocycles. The Kier molecular flexibility index (Phi) is 6.04. The number of benzene rings is 1. The van der Waals surface area contributed by atoms with Crippen molar-refractivity contribution >= 4 is 23.6 Å². The van der Waals surface area contributed by atoms with E-state index in [-0.39, 0.29) is 11.5 Å². The topological polar surface area (TPSA) is 70.8 Å². The Morgan fingerprint density at radius 1 is 1.19 bits per heavy atom. The summed E-state index contributed by atoms with van der Waals surface area (Å²) in [6.07, 6.45) is 6.29. The van der Waals surface area contributed by atoms with E-state index in [2.05, 4.69) is 0 Å². The standard InChI is InChI=1S/C20H23NO4S/c1-21(12-14-6-2-3-7-14)19(22)16-8-4-5-9-18(16)26-13-17-15(20(23)24)10-11-25-17/h4-5,8-11,14H,2-3,6-7,12-13H2,1H3,(H,23,24). The number of carboxylic acid groups (broad SMARTS) is 1. The van der Waals surface area contributed by atoms with E-state index in [0.717, 1.165) is 11.4 Å². The number of carboxylic acids is 1. The maximum absolute atomic E-state index is 12.9. The predicted octanol–water partition coefficient (Wildman–Crippen LogP) is 4.53. The summed E-state index contributed by atoms with van der Waals surface area (Å²) in [5.74, 6) is 0.382. The number of thioether (sulfide) groups is 1. The van der Waals surface area contributed by atoms with Crippen LogP contribution >= 0.6 is 11.8 Å². The molecule has 0 bridgehead atoms. The lowest BCUT2D eigenvalue weighted by Gasteiger charge is -2.22. The van der Waals surface area contributed by atoms with Crippen molar-refractivity contribution in [2.75, 3.05) is 13.6 Å². The van der Waals surface area contributed by atoms with Crippen LogP contribution in [-0.2, 0) is 5.75 Å². The van der Waals surface area contributed by atoms with Crippen molar-refractivity contribution in [3.63, 3.8) is 0 Å². The number of carbonyl (C=O) groups excluding carboxylic acids is 1. The predicted molar refractivity (Wildman–Crippen MR) is 101 cm³/mol. The molecular weight excluding hydrogens is 350 g/mol. The van der Waals surface area contributed by atoms with Gasteiger partial charge in [0.2, 0.25) is 0 Å². The van der Waals surface area contributed by atoms with Crippen molar-refractivity contribution < 1.29 is 19.1 Å². The van der Waals surface area contributed by atoms with E-state index in [9.17, 15) is 14.7 Å². The molecule has 0 spiro atoms. The highest BCUT2D eigenvalue weighted by Gasteiger charge is 2.22. The third-order valence-electron chi connectivity index (χ3n) is 4.81. The first-order chi connectivity index (χ1) is 12.6. The van der Waals surface area contributed by atoms with Gasteiger partial charge in [0, 0.05) is 18.5 Å². The quantitative estimate of drug-likeness (QED) is 0.722. The zero-order valence-electron chi connectivity index (χ0n) is 14.8. The van der Waals surface area contributed by atoms with E-state index in [4.69, 9.17) is 4.42 Å². The molecule has 1 N–H and O–H groups in total. The molecule has 26 heavy (non-hydrogen) atoms. The van der Waals surface area contributed by atoms with E-state index in [0.29, 0.717) is 23.0 Å². The van der Waals surface area contributed by atoms with Gasteiger partial charge in [-0.15, -0.1) is 11.8 Å². The van der Waals surface area contributed by atoms with Crippen LogP contribution < -0.4 is 0 Å². The van der Waals surface area contributed by atoms with Crippen molar-refractivity contribution in [3.05, 3.63) is 53.5 Å². The molecular formula is C20H23NO4S. The summed E-state index contributed by atoms with van der Waals surface area (Å²) >= 11 is 1.42. The zero-order chi connectivity index (χ0) is 18.5. The van der Waals surface area contributed by atoms with E-state index in [1.807, 2.05) is 36.2 Å². The molecule has 1 aliphatic rings. The first-order valence-electron chi connectivity index (χ1n) is 8.83. The second kappa shape index (κ2) is 8.45. The Bertz CT molecular complexity index is 780. The number of amides is 1. The summed E-state index contributed by atoms with van der Waals surface area (Å²) in [6.45, 7) is 0.791. The fraction of sp³-hybridized carbons (Fsp3) is 0.400. The Balaban J connectivity index is 1.70. The highest BCUT2D eigenvalue weighted by atomic mass is 32.2. The number of hydrogen-bond donors (Lipinski definition) is 1. The lowest BCUT2D eigenvalue weighted by atomic mass is 10.1. The van der Waals surface area contributed by atoms with Crippen LogP contribution in [0.2, 0.25) is 0 Å². The molecule has 0 atom stereocenters. The highest BCUT2D eigenvalue weighted by molar-refractivity contribution is 7.98. The van der Waals surface area contributed by atoms with Gasteiger partial charge >= 0.3 is 5.97 Å². The van der Waals surface area contributed by atoms with Gasteiger partial charge in [0.25, 0.3) is 5.91 Å². The first-order valence-corrected chi connectivity index (χ1v) is 9.81. The van der Waals surface area contributed by atoms with Gasteiger partial charge in [0.05, 0.1) is 17.6 Å². The minimum Gasteiger partial charge on any atom is -0.478 e. The largest absolute Gasteiger partial charge is 0.478 e. The molecule has 0 aliphatic heterocycles. The molecule has 138 valence electrons. The number of rotatable bonds is 7. The highest BCUT2D eigenvalue weighted by Crippen LogP contribution is 2.30. The second-order valence-corrected chi connectivity index (χ2v) is 7.70. The van der Waals surface area contributed by atoms with Gasteiger partial charge in [-0.3, -0.25) is 4.79 Å². The summed E-state index contributed by atoms with van der Waals surface area (Å²) in [7, 11) is 1.86. The normalized spacial score (nSPS) is 14.5. The molecule has 6 heteroatoms. The van der Waals surface area contributed by atoms with Gasteiger partial charge in [-0.25, -0.2) is 4.79 Å². The average molecular weight is 373 g/mol. The zero-order valence-corrected chi connectivity index (χ0v) is 15.6. The molecule has 1 heterocycles. The molecule has 1 fully saturated rings. The maximum Gasteiger partial charge on any atom is 0.339 e. The van der Waals surface area contributed by atoms with Crippen LogP contribution in [-0.4, -0.2) is 35.5 Å². The molecule has 1 aromatic heterocycles. The molecule has 1 saturated carbocycles. The summed E-state index contributed by atoms with van der Waals surface area (Å²) in [4.78, 5) is 26.7. The molecule has 2 aromatic rings. The minimum absolute atomic E-state index is 0.0119. The van der Waals surface area contributed by atoms with Crippen LogP contribution in [0, 0.1) is 5.92 Å². The molecule has 0 saturated heterocycles. The Hall–Kier alpha value is -2.21. The molecule has 1 aromatic carbocycles. The fourth-order valence-corrected chi connectivity index (χ4v) is 4.42. The van der Waals surface area contributed by atoms with E-state index in [1.54, 1.807) is 0 Å². The van der Waals surface area contributed by atoms with Gasteiger partial charge in [-0.2, -0.15) is 0 Å². The lowest BCUT2D eigenvalue weighted by Crippen LogP contribution is -2.31. The van der Waals surface area contributed by atoms with Crippen LogP contribution in [0.5, 0.6) is 0 Å². The van der Waals surface area contributed by atoms with E-state index in [1.165, 1.54) is 49.8 Å². The van der Waals surface area contributed by atoms with Gasteiger partial charge in [0.15, 0.2) is 0 Å².